The molecule has 0 aromatic heterocycles. The summed E-state index contributed by atoms with van der Waals surface area (Å²) in [5.74, 6) is 0. The first-order valence-corrected chi connectivity index (χ1v) is 27.3. The monoisotopic (exact) mass is 889 g/mol. The molecule has 294 valence electrons. The minimum absolute atomic E-state index is 0.136. The molecule has 8 aromatic carbocycles. The molecule has 0 unspecified atom stereocenters. The molecule has 2 radical (unpaired) electrons. The van der Waals surface area contributed by atoms with Gasteiger partial charge in [0.05, 0.1) is 9.52 Å². The number of rotatable bonds is 2. The molecular formula is C54H53Cl2SiZr-3. The van der Waals surface area contributed by atoms with E-state index >= 15 is 0 Å². The Morgan fingerprint density at radius 1 is 0.517 bits per heavy atom. The van der Waals surface area contributed by atoms with E-state index in [1.54, 1.807) is 0 Å². The zero-order valence-corrected chi connectivity index (χ0v) is 40.5. The predicted molar refractivity (Wildman–Crippen MR) is 254 cm³/mol. The molecule has 1 heterocycles. The van der Waals surface area contributed by atoms with Gasteiger partial charge in [-0.05, 0) is 46.9 Å². The van der Waals surface area contributed by atoms with Crippen molar-refractivity contribution in [1.82, 2.24) is 0 Å². The number of hydrogen-bond donors (Lipinski definition) is 0. The fourth-order valence-corrected chi connectivity index (χ4v) is 9.44. The van der Waals surface area contributed by atoms with Gasteiger partial charge in [0, 0.05) is 0 Å². The van der Waals surface area contributed by atoms with Crippen LogP contribution in [0.5, 0.6) is 0 Å². The average Bonchev–Trinajstić information content (AvgIpc) is 3.88. The zero-order chi connectivity index (χ0) is 41.8. The molecule has 9 rings (SSSR count). The molecule has 0 nitrogen and oxygen atoms in total. The van der Waals surface area contributed by atoms with Crippen molar-refractivity contribution in [2.24, 2.45) is 0 Å². The number of benzene rings is 6. The number of hydrogen-bond acceptors (Lipinski definition) is 0. The van der Waals surface area contributed by atoms with Gasteiger partial charge in [-0.1, -0.05) is 161 Å². The molecule has 0 aliphatic carbocycles. The van der Waals surface area contributed by atoms with E-state index in [4.69, 9.17) is 17.0 Å². The van der Waals surface area contributed by atoms with Crippen LogP contribution in [0, 0.1) is 33.8 Å². The second-order valence-electron chi connectivity index (χ2n) is 17.4. The minimum Gasteiger partial charge on any atom is -0.184 e. The predicted octanol–water partition coefficient (Wildman–Crippen LogP) is 14.8. The Bertz CT molecular complexity index is 2480. The van der Waals surface area contributed by atoms with Crippen LogP contribution >= 0.6 is 17.0 Å². The van der Waals surface area contributed by atoms with Crippen LogP contribution in [0.4, 0.5) is 0 Å². The normalized spacial score (nSPS) is 11.7. The van der Waals surface area contributed by atoms with Gasteiger partial charge >= 0.3 is 37.9 Å². The summed E-state index contributed by atoms with van der Waals surface area (Å²) in [7, 11) is 10.7. The maximum Gasteiger partial charge on any atom is 0.0920 e. The van der Waals surface area contributed by atoms with Crippen molar-refractivity contribution in [1.29, 1.82) is 0 Å². The van der Waals surface area contributed by atoms with Crippen molar-refractivity contribution in [3.8, 4) is 33.4 Å². The second kappa shape index (κ2) is 18.6. The molecule has 0 N–H and O–H groups in total. The van der Waals surface area contributed by atoms with Crippen molar-refractivity contribution < 1.29 is 20.8 Å². The molecule has 1 aliphatic heterocycles. The molecule has 0 spiro atoms. The van der Waals surface area contributed by atoms with Gasteiger partial charge in [-0.25, -0.2) is 0 Å². The van der Waals surface area contributed by atoms with Crippen LogP contribution in [0.25, 0.3) is 54.9 Å². The van der Waals surface area contributed by atoms with Crippen LogP contribution in [-0.2, 0) is 31.7 Å². The summed E-state index contributed by atoms with van der Waals surface area (Å²) in [4.78, 5) is 0. The number of fused-ring (bicyclic) bond motifs is 5. The van der Waals surface area contributed by atoms with E-state index < -0.39 is 20.8 Å². The van der Waals surface area contributed by atoms with E-state index in [0.717, 1.165) is 9.52 Å². The van der Waals surface area contributed by atoms with Crippen molar-refractivity contribution >= 4 is 58.5 Å². The standard InChI is InChI=1S/2C21H23.C12H7Si.2ClH.Zr/c2*1-14-12-16-10-11-19(21(3,4)5)20(18(16)13-14)17-9-7-6-8-15(17)2;1-3-7-11-9(5-1)10-6-2-4-8-12(10)13-11;;;/h2*6-13H,1-5H3;1-7H;2*1H;/q3*-1;;;+2/p-2. The van der Waals surface area contributed by atoms with Crippen LogP contribution in [0.2, 0.25) is 0 Å². The molecule has 58 heavy (non-hydrogen) atoms. The first kappa shape index (κ1) is 43.8. The summed E-state index contributed by atoms with van der Waals surface area (Å²) >= 11 is -0.826. The van der Waals surface area contributed by atoms with Gasteiger partial charge < -0.3 is 0 Å². The molecule has 0 fully saturated rings. The molecule has 8 aromatic rings. The quantitative estimate of drug-likeness (QED) is 0.120. The fourth-order valence-electron chi connectivity index (χ4n) is 8.13. The third-order valence-corrected chi connectivity index (χ3v) is 12.2. The van der Waals surface area contributed by atoms with Gasteiger partial charge in [-0.3, -0.25) is 0 Å². The number of aryl methyl sites for hydroxylation is 4. The first-order valence-electron chi connectivity index (χ1n) is 20.0. The fraction of sp³-hybridized carbons (Fsp3) is 0.222. The van der Waals surface area contributed by atoms with Gasteiger partial charge in [-0.15, -0.1) is 74.6 Å². The van der Waals surface area contributed by atoms with E-state index in [-0.39, 0.29) is 10.8 Å². The molecule has 0 bridgehead atoms. The first-order chi connectivity index (χ1) is 27.6. The van der Waals surface area contributed by atoms with Gasteiger partial charge in [-0.2, -0.15) is 41.6 Å². The van der Waals surface area contributed by atoms with Crippen molar-refractivity contribution in [3.05, 3.63) is 179 Å². The molecule has 0 saturated heterocycles. The van der Waals surface area contributed by atoms with Gasteiger partial charge in [0.2, 0.25) is 0 Å². The Hall–Kier alpha value is -3.78. The van der Waals surface area contributed by atoms with Gasteiger partial charge in [0.1, 0.15) is 0 Å². The molecule has 0 amide bonds. The Morgan fingerprint density at radius 3 is 1.38 bits per heavy atom. The van der Waals surface area contributed by atoms with Crippen molar-refractivity contribution in [2.75, 3.05) is 0 Å². The summed E-state index contributed by atoms with van der Waals surface area (Å²) in [5, 5.41) is 8.28. The van der Waals surface area contributed by atoms with E-state index in [0.29, 0.717) is 0 Å². The van der Waals surface area contributed by atoms with Crippen molar-refractivity contribution in [2.45, 2.75) is 80.1 Å². The third-order valence-electron chi connectivity index (χ3n) is 10.8. The van der Waals surface area contributed by atoms with E-state index in [2.05, 4.69) is 209 Å². The summed E-state index contributed by atoms with van der Waals surface area (Å²) in [5.41, 5.74) is 16.8. The molecule has 0 saturated carbocycles. The Labute approximate surface area is 368 Å². The van der Waals surface area contributed by atoms with Crippen LogP contribution in [0.15, 0.2) is 140 Å². The Morgan fingerprint density at radius 2 is 0.931 bits per heavy atom. The third kappa shape index (κ3) is 9.80. The largest absolute Gasteiger partial charge is 0.184 e. The summed E-state index contributed by atoms with van der Waals surface area (Å²) in [6.07, 6.45) is 0. The van der Waals surface area contributed by atoms with E-state index in [1.807, 2.05) is 6.07 Å². The zero-order valence-electron chi connectivity index (χ0n) is 35.5. The topological polar surface area (TPSA) is 0 Å². The molecule has 4 heteroatoms. The van der Waals surface area contributed by atoms with Crippen molar-refractivity contribution in [3.63, 3.8) is 0 Å². The van der Waals surface area contributed by atoms with Gasteiger partial charge in [0.15, 0.2) is 0 Å². The smallest absolute Gasteiger partial charge is 0.0920 e. The average molecular weight is 892 g/mol. The Balaban J connectivity index is 0.000000145. The van der Waals surface area contributed by atoms with Gasteiger partial charge in [0.25, 0.3) is 0 Å². The second-order valence-corrected chi connectivity index (χ2v) is 22.4. The van der Waals surface area contributed by atoms with Crippen LogP contribution in [0.3, 0.4) is 0 Å². The van der Waals surface area contributed by atoms with E-state index in [9.17, 15) is 0 Å². The maximum absolute atomic E-state index is 4.93. The van der Waals surface area contributed by atoms with Crippen LogP contribution in [0.1, 0.15) is 74.9 Å². The summed E-state index contributed by atoms with van der Waals surface area (Å²) in [6.45, 7) is 22.6. The molecule has 0 atom stereocenters. The van der Waals surface area contributed by atoms with Crippen LogP contribution < -0.4 is 10.4 Å². The molecular weight excluding hydrogens is 839 g/mol. The van der Waals surface area contributed by atoms with E-state index in [1.165, 1.54) is 98.7 Å². The number of halogens is 2. The Kier molecular flexibility index (Phi) is 14.1. The summed E-state index contributed by atoms with van der Waals surface area (Å²) < 4.78 is 0. The SMILES string of the molecule is Cc1cc2c(-c3ccccc3C)c(C(C)(C)C)ccc2[cH-]1.Cc1cc2c(-c3ccccc3C)c(C(C)(C)C)ccc2[cH-]1.[Cl][Zr][Cl].[c-]1cccc2c1[Si]c1ccccc1-2. The minimum atomic E-state index is -0.826. The molecule has 1 aliphatic rings. The van der Waals surface area contributed by atoms with Crippen LogP contribution in [-0.4, -0.2) is 9.52 Å². The summed E-state index contributed by atoms with van der Waals surface area (Å²) in [6, 6.07) is 54.0. The maximum atomic E-state index is 4.93.